The van der Waals surface area contributed by atoms with Gasteiger partial charge in [0, 0.05) is 17.4 Å². The Labute approximate surface area is 126 Å². The van der Waals surface area contributed by atoms with Gasteiger partial charge in [-0.05, 0) is 41.0 Å². The van der Waals surface area contributed by atoms with Crippen LogP contribution in [0.4, 0.5) is 0 Å². The van der Waals surface area contributed by atoms with E-state index >= 15 is 0 Å². The van der Waals surface area contributed by atoms with Crippen molar-refractivity contribution in [2.75, 3.05) is 5.75 Å². The second-order valence-electron chi connectivity index (χ2n) is 6.42. The maximum Gasteiger partial charge on any atom is 0.248 e. The average Bonchev–Trinajstić information content (AvgIpc) is 2.69. The first-order valence-corrected chi connectivity index (χ1v) is 8.11. The van der Waals surface area contributed by atoms with Gasteiger partial charge in [-0.2, -0.15) is 0 Å². The Morgan fingerprint density at radius 3 is 2.40 bits per heavy atom. The molecule has 0 aromatic heterocycles. The van der Waals surface area contributed by atoms with Gasteiger partial charge in [0.25, 0.3) is 0 Å². The zero-order chi connectivity index (χ0) is 15.5. The maximum absolute atomic E-state index is 12.4. The van der Waals surface area contributed by atoms with E-state index in [9.17, 15) is 9.59 Å². The van der Waals surface area contributed by atoms with Gasteiger partial charge in [0.1, 0.15) is 6.04 Å². The summed E-state index contributed by atoms with van der Waals surface area (Å²) in [4.78, 5) is 26.5. The van der Waals surface area contributed by atoms with Gasteiger partial charge in [-0.1, -0.05) is 12.5 Å². The van der Waals surface area contributed by atoms with Gasteiger partial charge in [0.2, 0.25) is 11.8 Å². The lowest BCUT2D eigenvalue weighted by Crippen LogP contribution is -2.53. The topological polar surface area (TPSA) is 49.4 Å². The fourth-order valence-electron chi connectivity index (χ4n) is 2.15. The van der Waals surface area contributed by atoms with Gasteiger partial charge >= 0.3 is 0 Å². The maximum atomic E-state index is 12.4. The minimum absolute atomic E-state index is 0.0588. The Morgan fingerprint density at radius 2 is 1.95 bits per heavy atom. The second-order valence-corrected chi connectivity index (χ2v) is 7.63. The number of nitrogens with zero attached hydrogens (tertiary/aromatic N) is 1. The SMILES string of the molecule is CCC1SCC(C(=O)NC(C)(C)C)N1C(=O)C=C(C)C. The Kier molecular flexibility index (Phi) is 5.68. The number of amides is 2. The normalized spacial score (nSPS) is 22.6. The molecule has 1 fully saturated rings. The van der Waals surface area contributed by atoms with Crippen LogP contribution in [0.1, 0.15) is 48.0 Å². The molecule has 5 heteroatoms. The van der Waals surface area contributed by atoms with Crippen LogP contribution >= 0.6 is 11.8 Å². The van der Waals surface area contributed by atoms with Crippen LogP contribution in [0.3, 0.4) is 0 Å². The summed E-state index contributed by atoms with van der Waals surface area (Å²) in [6, 6.07) is -0.368. The molecular weight excluding hydrogens is 272 g/mol. The van der Waals surface area contributed by atoms with Crippen LogP contribution < -0.4 is 5.32 Å². The number of rotatable bonds is 3. The van der Waals surface area contributed by atoms with Crippen LogP contribution in [0.25, 0.3) is 0 Å². The minimum atomic E-state index is -0.368. The molecule has 2 amide bonds. The molecule has 0 radical (unpaired) electrons. The third kappa shape index (κ3) is 4.54. The molecule has 1 aliphatic heterocycles. The zero-order valence-corrected chi connectivity index (χ0v) is 14.1. The Balaban J connectivity index is 2.92. The second kappa shape index (κ2) is 6.66. The molecule has 2 unspecified atom stereocenters. The Bertz CT molecular complexity index is 409. The van der Waals surface area contributed by atoms with Crippen molar-refractivity contribution in [3.05, 3.63) is 11.6 Å². The van der Waals surface area contributed by atoms with Gasteiger partial charge in [-0.25, -0.2) is 0 Å². The highest BCUT2D eigenvalue weighted by atomic mass is 32.2. The van der Waals surface area contributed by atoms with Crippen LogP contribution in [-0.2, 0) is 9.59 Å². The molecule has 0 aromatic rings. The molecule has 0 aromatic carbocycles. The van der Waals surface area contributed by atoms with Crippen molar-refractivity contribution in [1.29, 1.82) is 0 Å². The summed E-state index contributed by atoms with van der Waals surface area (Å²) in [5, 5.41) is 3.07. The van der Waals surface area contributed by atoms with E-state index in [0.717, 1.165) is 12.0 Å². The van der Waals surface area contributed by atoms with Crippen molar-refractivity contribution >= 4 is 23.6 Å². The molecule has 0 bridgehead atoms. The summed E-state index contributed by atoms with van der Waals surface area (Å²) in [7, 11) is 0. The van der Waals surface area contributed by atoms with Crippen molar-refractivity contribution in [1.82, 2.24) is 10.2 Å². The van der Waals surface area contributed by atoms with E-state index in [1.807, 2.05) is 41.5 Å². The monoisotopic (exact) mass is 298 g/mol. The first kappa shape index (κ1) is 17.1. The predicted molar refractivity (Wildman–Crippen MR) is 84.5 cm³/mol. The van der Waals surface area contributed by atoms with Gasteiger partial charge in [-0.15, -0.1) is 11.8 Å². The number of carbonyl (C=O) groups is 2. The number of allylic oxidation sites excluding steroid dienone is 1. The van der Waals surface area contributed by atoms with Crippen molar-refractivity contribution in [2.45, 2.75) is 64.9 Å². The number of carbonyl (C=O) groups excluding carboxylic acids is 2. The molecular formula is C15H26N2O2S. The molecule has 1 N–H and O–H groups in total. The van der Waals surface area contributed by atoms with Gasteiger partial charge in [0.15, 0.2) is 0 Å². The van der Waals surface area contributed by atoms with Crippen LogP contribution in [0.15, 0.2) is 11.6 Å². The van der Waals surface area contributed by atoms with E-state index < -0.39 is 0 Å². The highest BCUT2D eigenvalue weighted by molar-refractivity contribution is 8.00. The molecule has 1 saturated heterocycles. The fourth-order valence-corrected chi connectivity index (χ4v) is 3.51. The molecule has 1 aliphatic rings. The highest BCUT2D eigenvalue weighted by Crippen LogP contribution is 2.32. The quantitative estimate of drug-likeness (QED) is 0.815. The van der Waals surface area contributed by atoms with Gasteiger partial charge in [-0.3, -0.25) is 9.59 Å². The molecule has 0 spiro atoms. The van der Waals surface area contributed by atoms with Crippen LogP contribution in [0, 0.1) is 0 Å². The lowest BCUT2D eigenvalue weighted by molar-refractivity contribution is -0.137. The molecule has 1 rings (SSSR count). The minimum Gasteiger partial charge on any atom is -0.350 e. The van der Waals surface area contributed by atoms with Gasteiger partial charge < -0.3 is 10.2 Å². The van der Waals surface area contributed by atoms with E-state index in [4.69, 9.17) is 0 Å². The highest BCUT2D eigenvalue weighted by Gasteiger charge is 2.40. The average molecular weight is 298 g/mol. The molecule has 114 valence electrons. The van der Waals surface area contributed by atoms with Crippen LogP contribution in [0.5, 0.6) is 0 Å². The zero-order valence-electron chi connectivity index (χ0n) is 13.3. The van der Waals surface area contributed by atoms with Crippen molar-refractivity contribution in [3.63, 3.8) is 0 Å². The molecule has 20 heavy (non-hydrogen) atoms. The number of nitrogens with one attached hydrogen (secondary N) is 1. The Morgan fingerprint density at radius 1 is 1.35 bits per heavy atom. The lowest BCUT2D eigenvalue weighted by atomic mass is 10.1. The number of thioether (sulfide) groups is 1. The smallest absolute Gasteiger partial charge is 0.248 e. The summed E-state index contributed by atoms with van der Waals surface area (Å²) in [5.74, 6) is 0.551. The third-order valence-electron chi connectivity index (χ3n) is 2.91. The number of hydrogen-bond donors (Lipinski definition) is 1. The molecule has 2 atom stereocenters. The largest absolute Gasteiger partial charge is 0.350 e. The van der Waals surface area contributed by atoms with Crippen molar-refractivity contribution in [2.24, 2.45) is 0 Å². The number of hydrogen-bond acceptors (Lipinski definition) is 3. The van der Waals surface area contributed by atoms with E-state index in [2.05, 4.69) is 5.32 Å². The van der Waals surface area contributed by atoms with Crippen molar-refractivity contribution < 1.29 is 9.59 Å². The summed E-state index contributed by atoms with van der Waals surface area (Å²) >= 11 is 1.68. The molecule has 0 saturated carbocycles. The summed E-state index contributed by atoms with van der Waals surface area (Å²) in [6.45, 7) is 11.7. The van der Waals surface area contributed by atoms with E-state index in [0.29, 0.717) is 5.75 Å². The first-order valence-electron chi connectivity index (χ1n) is 7.06. The first-order chi connectivity index (χ1) is 9.15. The van der Waals surface area contributed by atoms with Gasteiger partial charge in [0.05, 0.1) is 5.37 Å². The summed E-state index contributed by atoms with van der Waals surface area (Å²) in [5.41, 5.74) is 0.675. The summed E-state index contributed by atoms with van der Waals surface area (Å²) in [6.07, 6.45) is 2.47. The van der Waals surface area contributed by atoms with Crippen LogP contribution in [0.2, 0.25) is 0 Å². The fraction of sp³-hybridized carbons (Fsp3) is 0.733. The summed E-state index contributed by atoms with van der Waals surface area (Å²) < 4.78 is 0. The van der Waals surface area contributed by atoms with Crippen molar-refractivity contribution in [3.8, 4) is 0 Å². The Hall–Kier alpha value is -0.970. The van der Waals surface area contributed by atoms with E-state index in [1.54, 1.807) is 22.7 Å². The lowest BCUT2D eigenvalue weighted by Gasteiger charge is -2.30. The van der Waals surface area contributed by atoms with E-state index in [-0.39, 0.29) is 28.8 Å². The molecule has 0 aliphatic carbocycles. The third-order valence-corrected chi connectivity index (χ3v) is 4.36. The molecule has 1 heterocycles. The predicted octanol–water partition coefficient (Wildman–Crippen LogP) is 2.55. The molecule has 4 nitrogen and oxygen atoms in total. The van der Waals surface area contributed by atoms with Crippen LogP contribution in [-0.4, -0.2) is 39.4 Å². The van der Waals surface area contributed by atoms with E-state index in [1.165, 1.54) is 0 Å². The standard InChI is InChI=1S/C15H26N2O2S/c1-7-13-17(12(18)8-10(2)3)11(9-20-13)14(19)16-15(4,5)6/h8,11,13H,7,9H2,1-6H3,(H,16,19).